The normalized spacial score (nSPS) is 10.4. The Hall–Kier alpha value is -2.57. The van der Waals surface area contributed by atoms with E-state index in [2.05, 4.69) is 9.72 Å². The van der Waals surface area contributed by atoms with Crippen LogP contribution in [0, 0.1) is 0 Å². The number of aromatic nitrogens is 1. The Bertz CT molecular complexity index is 603. The van der Waals surface area contributed by atoms with Gasteiger partial charge in [-0.3, -0.25) is 4.79 Å². The minimum Gasteiger partial charge on any atom is -0.464 e. The van der Waals surface area contributed by atoms with Gasteiger partial charge in [-0.1, -0.05) is 6.92 Å². The third-order valence-corrected chi connectivity index (χ3v) is 2.79. The van der Waals surface area contributed by atoms with Crippen LogP contribution in [0.2, 0.25) is 0 Å². The smallest absolute Gasteiger partial charge is 0.360 e. The van der Waals surface area contributed by atoms with E-state index in [4.69, 9.17) is 8.83 Å². The Morgan fingerprint density at radius 1 is 1.38 bits per heavy atom. The van der Waals surface area contributed by atoms with Crippen LogP contribution in [0.5, 0.6) is 0 Å². The highest BCUT2D eigenvalue weighted by molar-refractivity contribution is 5.91. The molecule has 1 amide bonds. The molecule has 0 aliphatic heterocycles. The van der Waals surface area contributed by atoms with Crippen molar-refractivity contribution in [1.29, 1.82) is 0 Å². The lowest BCUT2D eigenvalue weighted by Gasteiger charge is -2.18. The topological polar surface area (TPSA) is 85.8 Å². The summed E-state index contributed by atoms with van der Waals surface area (Å²) in [5, 5.41) is 0. The fourth-order valence-electron chi connectivity index (χ4n) is 1.82. The molecule has 7 heteroatoms. The van der Waals surface area contributed by atoms with Crippen molar-refractivity contribution in [3.63, 3.8) is 0 Å². The van der Waals surface area contributed by atoms with E-state index < -0.39 is 5.97 Å². The third kappa shape index (κ3) is 3.50. The van der Waals surface area contributed by atoms with E-state index in [0.717, 1.165) is 6.42 Å². The molecule has 0 radical (unpaired) electrons. The molecular formula is C14H16N2O5. The number of nitrogens with zero attached hydrogens (tertiary/aromatic N) is 2. The number of hydrogen-bond donors (Lipinski definition) is 0. The number of carbonyl (C=O) groups excluding carboxylic acids is 2. The number of methoxy groups -OCH3 is 1. The van der Waals surface area contributed by atoms with Gasteiger partial charge in [0.25, 0.3) is 5.91 Å². The van der Waals surface area contributed by atoms with Crippen molar-refractivity contribution in [2.45, 2.75) is 19.9 Å². The lowest BCUT2D eigenvalue weighted by atomic mass is 10.3. The van der Waals surface area contributed by atoms with Crippen LogP contribution in [0.3, 0.4) is 0 Å². The standard InChI is InChI=1S/C14H16N2O5/c1-3-6-16(13(17)11-5-4-7-20-11)8-12-15-10(9-21-12)14(18)19-2/h4-5,7,9H,3,6,8H2,1-2H3. The maximum absolute atomic E-state index is 12.3. The van der Waals surface area contributed by atoms with Crippen molar-refractivity contribution in [3.05, 3.63) is 42.0 Å². The van der Waals surface area contributed by atoms with Crippen LogP contribution in [0.15, 0.2) is 33.5 Å². The molecule has 2 rings (SSSR count). The Morgan fingerprint density at radius 3 is 2.81 bits per heavy atom. The summed E-state index contributed by atoms with van der Waals surface area (Å²) in [6.07, 6.45) is 3.43. The summed E-state index contributed by atoms with van der Waals surface area (Å²) < 4.78 is 14.9. The van der Waals surface area contributed by atoms with Gasteiger partial charge in [-0.05, 0) is 18.6 Å². The monoisotopic (exact) mass is 292 g/mol. The zero-order valence-corrected chi connectivity index (χ0v) is 11.9. The summed E-state index contributed by atoms with van der Waals surface area (Å²) in [5.41, 5.74) is 0.0781. The molecule has 2 heterocycles. The van der Waals surface area contributed by atoms with Crippen molar-refractivity contribution in [2.75, 3.05) is 13.7 Å². The number of hydrogen-bond acceptors (Lipinski definition) is 6. The molecular weight excluding hydrogens is 276 g/mol. The molecule has 112 valence electrons. The molecule has 0 bridgehead atoms. The molecule has 0 fully saturated rings. The maximum atomic E-state index is 12.3. The summed E-state index contributed by atoms with van der Waals surface area (Å²) in [7, 11) is 1.26. The Balaban J connectivity index is 2.11. The third-order valence-electron chi connectivity index (χ3n) is 2.79. The van der Waals surface area contributed by atoms with Crippen LogP contribution in [-0.4, -0.2) is 35.4 Å². The number of rotatable bonds is 6. The maximum Gasteiger partial charge on any atom is 0.360 e. The van der Waals surface area contributed by atoms with E-state index in [1.165, 1.54) is 19.6 Å². The lowest BCUT2D eigenvalue weighted by molar-refractivity contribution is 0.0594. The largest absolute Gasteiger partial charge is 0.464 e. The Kier molecular flexibility index (Phi) is 4.76. The second-order valence-electron chi connectivity index (χ2n) is 4.32. The number of ether oxygens (including phenoxy) is 1. The highest BCUT2D eigenvalue weighted by atomic mass is 16.5. The number of oxazole rings is 1. The molecule has 2 aromatic rings. The van der Waals surface area contributed by atoms with Crippen LogP contribution >= 0.6 is 0 Å². The average Bonchev–Trinajstić information content (AvgIpc) is 3.16. The summed E-state index contributed by atoms with van der Waals surface area (Å²) in [6, 6.07) is 3.25. The number of carbonyl (C=O) groups is 2. The fourth-order valence-corrected chi connectivity index (χ4v) is 1.82. The van der Waals surface area contributed by atoms with Gasteiger partial charge in [0.2, 0.25) is 5.89 Å². The van der Waals surface area contributed by atoms with Crippen LogP contribution in [0.25, 0.3) is 0 Å². The van der Waals surface area contributed by atoms with Gasteiger partial charge in [0, 0.05) is 6.54 Å². The minimum absolute atomic E-state index is 0.0781. The summed E-state index contributed by atoms with van der Waals surface area (Å²) in [6.45, 7) is 2.64. The van der Waals surface area contributed by atoms with Crippen LogP contribution in [-0.2, 0) is 11.3 Å². The molecule has 21 heavy (non-hydrogen) atoms. The molecule has 7 nitrogen and oxygen atoms in total. The Labute approximate surface area is 121 Å². The van der Waals surface area contributed by atoms with Gasteiger partial charge in [-0.15, -0.1) is 0 Å². The molecule has 2 aromatic heterocycles. The van der Waals surface area contributed by atoms with E-state index in [1.807, 2.05) is 6.92 Å². The summed E-state index contributed by atoms with van der Waals surface area (Å²) >= 11 is 0. The van der Waals surface area contributed by atoms with Gasteiger partial charge in [-0.2, -0.15) is 0 Å². The quantitative estimate of drug-likeness (QED) is 0.758. The molecule has 0 N–H and O–H groups in total. The number of esters is 1. The Morgan fingerprint density at radius 2 is 2.19 bits per heavy atom. The second kappa shape index (κ2) is 6.74. The predicted octanol–water partition coefficient (Wildman–Crippen LogP) is 2.11. The molecule has 0 unspecified atom stereocenters. The first-order valence-electron chi connectivity index (χ1n) is 6.51. The second-order valence-corrected chi connectivity index (χ2v) is 4.32. The van der Waals surface area contributed by atoms with E-state index in [9.17, 15) is 9.59 Å². The van der Waals surface area contributed by atoms with Gasteiger partial charge in [0.1, 0.15) is 6.26 Å². The van der Waals surface area contributed by atoms with Gasteiger partial charge in [-0.25, -0.2) is 9.78 Å². The molecule has 0 atom stereocenters. The number of amides is 1. The van der Waals surface area contributed by atoms with Crippen LogP contribution < -0.4 is 0 Å². The van der Waals surface area contributed by atoms with Gasteiger partial charge in [0.15, 0.2) is 11.5 Å². The van der Waals surface area contributed by atoms with Crippen LogP contribution in [0.4, 0.5) is 0 Å². The van der Waals surface area contributed by atoms with E-state index >= 15 is 0 Å². The van der Waals surface area contributed by atoms with Crippen molar-refractivity contribution >= 4 is 11.9 Å². The first-order chi connectivity index (χ1) is 10.2. The summed E-state index contributed by atoms with van der Waals surface area (Å²) in [4.78, 5) is 29.1. The highest BCUT2D eigenvalue weighted by Crippen LogP contribution is 2.12. The van der Waals surface area contributed by atoms with Gasteiger partial charge < -0.3 is 18.5 Å². The van der Waals surface area contributed by atoms with Crippen molar-refractivity contribution in [3.8, 4) is 0 Å². The van der Waals surface area contributed by atoms with E-state index in [1.54, 1.807) is 17.0 Å². The molecule has 0 saturated heterocycles. The molecule has 0 spiro atoms. The van der Waals surface area contributed by atoms with Gasteiger partial charge >= 0.3 is 5.97 Å². The van der Waals surface area contributed by atoms with Gasteiger partial charge in [0.05, 0.1) is 19.9 Å². The zero-order valence-electron chi connectivity index (χ0n) is 11.9. The van der Waals surface area contributed by atoms with Crippen molar-refractivity contribution in [1.82, 2.24) is 9.88 Å². The van der Waals surface area contributed by atoms with Crippen molar-refractivity contribution in [2.24, 2.45) is 0 Å². The zero-order chi connectivity index (χ0) is 15.2. The average molecular weight is 292 g/mol. The minimum atomic E-state index is -0.579. The molecule has 0 aromatic carbocycles. The number of furan rings is 1. The molecule has 0 saturated carbocycles. The van der Waals surface area contributed by atoms with Crippen molar-refractivity contribution < 1.29 is 23.2 Å². The highest BCUT2D eigenvalue weighted by Gasteiger charge is 2.21. The SMILES string of the molecule is CCCN(Cc1nc(C(=O)OC)co1)C(=O)c1ccco1. The molecule has 0 aliphatic carbocycles. The predicted molar refractivity (Wildman–Crippen MR) is 71.6 cm³/mol. The molecule has 0 aliphatic rings. The first kappa shape index (κ1) is 14.8. The lowest BCUT2D eigenvalue weighted by Crippen LogP contribution is -2.31. The van der Waals surface area contributed by atoms with E-state index in [0.29, 0.717) is 6.54 Å². The van der Waals surface area contributed by atoms with Crippen LogP contribution in [0.1, 0.15) is 40.3 Å². The fraction of sp³-hybridized carbons (Fsp3) is 0.357. The summed E-state index contributed by atoms with van der Waals surface area (Å²) in [5.74, 6) is -0.309. The van der Waals surface area contributed by atoms with E-state index in [-0.39, 0.29) is 29.8 Å². The first-order valence-corrected chi connectivity index (χ1v) is 6.51.